The standard InChI is InChI=1S/C19H15Br2ClFN5O4/c1-26-16(29)15(27(18(26)30)13-8-4-2-6-11(13)23)25-17(19(20,21)10-22)24-12-7-3-5-9-14(12)28(31)32/h2-9,17,24H,10H2,1H3. The van der Waals surface area contributed by atoms with Crippen molar-refractivity contribution in [2.24, 2.45) is 4.99 Å². The van der Waals surface area contributed by atoms with Crippen LogP contribution in [-0.2, 0) is 4.79 Å². The molecule has 1 aliphatic heterocycles. The smallest absolute Gasteiger partial charge is 0.337 e. The third-order valence-electron chi connectivity index (χ3n) is 4.50. The molecule has 9 nitrogen and oxygen atoms in total. The SMILES string of the molecule is CN1C(=O)C(=NC(Nc2ccccc2[N+](=O)[O-])C(Br)(Br)CCl)N(c2ccccc2F)C1=O. The van der Waals surface area contributed by atoms with E-state index < -0.39 is 32.1 Å². The van der Waals surface area contributed by atoms with Crippen molar-refractivity contribution in [3.63, 3.8) is 0 Å². The Morgan fingerprint density at radius 1 is 1.22 bits per heavy atom. The van der Waals surface area contributed by atoms with Crippen LogP contribution in [0.3, 0.4) is 0 Å². The molecule has 168 valence electrons. The van der Waals surface area contributed by atoms with Crippen LogP contribution in [0, 0.1) is 15.9 Å². The molecule has 1 N–H and O–H groups in total. The topological polar surface area (TPSA) is 108 Å². The van der Waals surface area contributed by atoms with Gasteiger partial charge >= 0.3 is 6.03 Å². The molecule has 1 fully saturated rings. The molecular formula is C19H15Br2ClFN5O4. The molecule has 2 aromatic carbocycles. The Kier molecular flexibility index (Phi) is 7.16. The molecule has 3 rings (SSSR count). The van der Waals surface area contributed by atoms with Crippen molar-refractivity contribution < 1.29 is 18.9 Å². The first-order valence-electron chi connectivity index (χ1n) is 8.96. The lowest BCUT2D eigenvalue weighted by Crippen LogP contribution is -2.41. The van der Waals surface area contributed by atoms with E-state index in [-0.39, 0.29) is 28.8 Å². The highest BCUT2D eigenvalue weighted by Crippen LogP contribution is 2.37. The summed E-state index contributed by atoms with van der Waals surface area (Å²) in [5.74, 6) is -1.99. The normalized spacial score (nSPS) is 16.6. The van der Waals surface area contributed by atoms with Crippen molar-refractivity contribution in [1.82, 2.24) is 4.90 Å². The molecule has 1 aliphatic rings. The van der Waals surface area contributed by atoms with Gasteiger partial charge in [-0.3, -0.25) is 19.8 Å². The second kappa shape index (κ2) is 9.51. The molecular weight excluding hydrogens is 576 g/mol. The minimum absolute atomic E-state index is 0.0975. The van der Waals surface area contributed by atoms with Gasteiger partial charge in [-0.05, 0) is 18.2 Å². The third kappa shape index (κ3) is 4.62. The molecule has 0 aromatic heterocycles. The van der Waals surface area contributed by atoms with Gasteiger partial charge in [-0.1, -0.05) is 56.1 Å². The van der Waals surface area contributed by atoms with E-state index in [1.54, 1.807) is 6.07 Å². The minimum atomic E-state index is -1.19. The predicted octanol–water partition coefficient (Wildman–Crippen LogP) is 4.69. The number of halogens is 4. The molecule has 0 spiro atoms. The van der Waals surface area contributed by atoms with Gasteiger partial charge in [0.2, 0.25) is 5.84 Å². The molecule has 1 heterocycles. The van der Waals surface area contributed by atoms with Crippen molar-refractivity contribution in [2.45, 2.75) is 9.40 Å². The molecule has 1 saturated heterocycles. The fraction of sp³-hybridized carbons (Fsp3) is 0.211. The van der Waals surface area contributed by atoms with E-state index in [0.717, 1.165) is 15.9 Å². The summed E-state index contributed by atoms with van der Waals surface area (Å²) in [6.07, 6.45) is -1.13. The lowest BCUT2D eigenvalue weighted by Gasteiger charge is -2.28. The van der Waals surface area contributed by atoms with Crippen LogP contribution >= 0.6 is 43.5 Å². The quantitative estimate of drug-likeness (QED) is 0.218. The largest absolute Gasteiger partial charge is 0.356 e. The summed E-state index contributed by atoms with van der Waals surface area (Å²) in [4.78, 5) is 42.3. The molecule has 0 bridgehead atoms. The molecule has 0 aliphatic carbocycles. The number of carbonyl (C=O) groups is 2. The van der Waals surface area contributed by atoms with Gasteiger partial charge in [-0.25, -0.2) is 19.1 Å². The number of nitro groups is 1. The van der Waals surface area contributed by atoms with Gasteiger partial charge in [0, 0.05) is 13.1 Å². The monoisotopic (exact) mass is 589 g/mol. The average Bonchev–Trinajstić information content (AvgIpc) is 2.97. The number of anilines is 2. The highest BCUT2D eigenvalue weighted by atomic mass is 79.9. The van der Waals surface area contributed by atoms with E-state index in [2.05, 4.69) is 42.2 Å². The van der Waals surface area contributed by atoms with Crippen molar-refractivity contribution >= 4 is 78.3 Å². The summed E-state index contributed by atoms with van der Waals surface area (Å²) in [6, 6.07) is 10.4. The summed E-state index contributed by atoms with van der Waals surface area (Å²) in [7, 11) is 1.24. The highest BCUT2D eigenvalue weighted by molar-refractivity contribution is 9.25. The van der Waals surface area contributed by atoms with Crippen LogP contribution in [0.15, 0.2) is 53.5 Å². The second-order valence-electron chi connectivity index (χ2n) is 6.60. The lowest BCUT2D eigenvalue weighted by molar-refractivity contribution is -0.384. The summed E-state index contributed by atoms with van der Waals surface area (Å²) >= 11 is 12.8. The number of imide groups is 1. The number of hydrogen-bond donors (Lipinski definition) is 1. The first-order chi connectivity index (χ1) is 15.1. The van der Waals surface area contributed by atoms with Crippen LogP contribution in [0.4, 0.5) is 26.2 Å². The fourth-order valence-electron chi connectivity index (χ4n) is 2.87. The number of para-hydroxylation sites is 3. The maximum absolute atomic E-state index is 14.5. The van der Waals surface area contributed by atoms with Crippen LogP contribution in [0.2, 0.25) is 0 Å². The molecule has 13 heteroatoms. The molecule has 0 saturated carbocycles. The molecule has 3 amide bonds. The summed E-state index contributed by atoms with van der Waals surface area (Å²) in [5.41, 5.74) is -0.304. The number of alkyl halides is 3. The number of nitro benzene ring substituents is 1. The Balaban J connectivity index is 2.13. The van der Waals surface area contributed by atoms with E-state index in [0.29, 0.717) is 0 Å². The Bertz CT molecular complexity index is 1120. The number of urea groups is 1. The highest BCUT2D eigenvalue weighted by Gasteiger charge is 2.44. The molecule has 1 unspecified atom stereocenters. The molecule has 2 aromatic rings. The third-order valence-corrected chi connectivity index (χ3v) is 7.00. The van der Waals surface area contributed by atoms with Crippen LogP contribution in [-0.4, -0.2) is 49.9 Å². The average molecular weight is 592 g/mol. The number of carbonyl (C=O) groups excluding carboxylic acids is 2. The van der Waals surface area contributed by atoms with Gasteiger partial charge in [-0.15, -0.1) is 11.6 Å². The van der Waals surface area contributed by atoms with Gasteiger partial charge in [0.15, 0.2) is 0 Å². The van der Waals surface area contributed by atoms with Crippen molar-refractivity contribution in [1.29, 1.82) is 0 Å². The number of likely N-dealkylation sites (N-methyl/N-ethyl adjacent to an activating group) is 1. The van der Waals surface area contributed by atoms with Gasteiger partial charge < -0.3 is 5.32 Å². The van der Waals surface area contributed by atoms with Gasteiger partial charge in [0.05, 0.1) is 16.5 Å². The maximum Gasteiger partial charge on any atom is 0.337 e. The molecule has 1 atom stereocenters. The van der Waals surface area contributed by atoms with Crippen molar-refractivity contribution in [2.75, 3.05) is 23.1 Å². The maximum atomic E-state index is 14.5. The van der Waals surface area contributed by atoms with Gasteiger partial charge in [0.1, 0.15) is 20.9 Å². The van der Waals surface area contributed by atoms with E-state index >= 15 is 0 Å². The number of nitrogens with one attached hydrogen (secondary N) is 1. The van der Waals surface area contributed by atoms with Crippen molar-refractivity contribution in [3.8, 4) is 0 Å². The number of aliphatic imine (C=N–C) groups is 1. The van der Waals surface area contributed by atoms with Crippen molar-refractivity contribution in [3.05, 3.63) is 64.5 Å². The fourth-order valence-corrected chi connectivity index (χ4v) is 3.45. The van der Waals surface area contributed by atoms with E-state index in [4.69, 9.17) is 11.6 Å². The van der Waals surface area contributed by atoms with Crippen LogP contribution in [0.1, 0.15) is 0 Å². The van der Waals surface area contributed by atoms with Gasteiger partial charge in [-0.2, -0.15) is 0 Å². The first kappa shape index (κ1) is 24.1. The minimum Gasteiger partial charge on any atom is -0.356 e. The number of rotatable bonds is 7. The lowest BCUT2D eigenvalue weighted by atomic mass is 10.2. The Labute approximate surface area is 203 Å². The van der Waals surface area contributed by atoms with Gasteiger partial charge in [0.25, 0.3) is 11.6 Å². The summed E-state index contributed by atoms with van der Waals surface area (Å²) < 4.78 is 13.3. The van der Waals surface area contributed by atoms with Crippen LogP contribution in [0.5, 0.6) is 0 Å². The van der Waals surface area contributed by atoms with E-state index in [9.17, 15) is 24.1 Å². The van der Waals surface area contributed by atoms with E-state index in [1.807, 2.05) is 0 Å². The number of nitrogens with zero attached hydrogens (tertiary/aromatic N) is 4. The van der Waals surface area contributed by atoms with Crippen LogP contribution < -0.4 is 10.2 Å². The Morgan fingerprint density at radius 3 is 2.47 bits per heavy atom. The Morgan fingerprint density at radius 2 is 1.84 bits per heavy atom. The number of hydrogen-bond acceptors (Lipinski definition) is 6. The zero-order valence-electron chi connectivity index (χ0n) is 16.3. The Hall–Kier alpha value is -2.57. The zero-order valence-corrected chi connectivity index (χ0v) is 20.3. The molecule has 32 heavy (non-hydrogen) atoms. The van der Waals surface area contributed by atoms with Crippen LogP contribution in [0.25, 0.3) is 0 Å². The summed E-state index contributed by atoms with van der Waals surface area (Å²) in [5, 5.41) is 14.3. The number of amidine groups is 1. The predicted molar refractivity (Wildman–Crippen MR) is 126 cm³/mol. The number of amides is 3. The summed E-state index contributed by atoms with van der Waals surface area (Å²) in [6.45, 7) is 0. The zero-order chi connectivity index (χ0) is 23.6. The second-order valence-corrected chi connectivity index (χ2v) is 10.8. The number of benzene rings is 2. The first-order valence-corrected chi connectivity index (χ1v) is 11.1. The molecule has 0 radical (unpaired) electrons. The van der Waals surface area contributed by atoms with E-state index in [1.165, 1.54) is 43.4 Å².